The molecule has 0 aliphatic rings. The van der Waals surface area contributed by atoms with Gasteiger partial charge in [-0.3, -0.25) is 0 Å². The van der Waals surface area contributed by atoms with Crippen LogP contribution in [0.4, 0.5) is 11.4 Å². The first kappa shape index (κ1) is 19.8. The Morgan fingerprint density at radius 1 is 1.10 bits per heavy atom. The van der Waals surface area contributed by atoms with Gasteiger partial charge in [0.2, 0.25) is 0 Å². The van der Waals surface area contributed by atoms with Gasteiger partial charge in [-0.1, -0.05) is 0 Å². The van der Waals surface area contributed by atoms with Crippen molar-refractivity contribution in [3.05, 3.63) is 77.6 Å². The largest absolute Gasteiger partial charge is 0.497 e. The van der Waals surface area contributed by atoms with Crippen LogP contribution in [-0.4, -0.2) is 27.8 Å². The quantitative estimate of drug-likeness (QED) is 0.468. The molecule has 4 aromatic rings. The van der Waals surface area contributed by atoms with Crippen LogP contribution in [0.5, 0.6) is 17.2 Å². The number of nitrogens with one attached hydrogen (secondary N) is 1. The highest BCUT2D eigenvalue weighted by molar-refractivity contribution is 5.96. The van der Waals surface area contributed by atoms with E-state index in [1.165, 1.54) is 16.9 Å². The molecule has 2 aromatic carbocycles. The molecule has 31 heavy (non-hydrogen) atoms. The number of benzene rings is 2. The molecule has 0 bridgehead atoms. The number of anilines is 2. The second-order valence-electron chi connectivity index (χ2n) is 6.74. The lowest BCUT2D eigenvalue weighted by Gasteiger charge is -2.12. The van der Waals surface area contributed by atoms with Crippen LogP contribution in [0.3, 0.4) is 0 Å². The first-order valence-electron chi connectivity index (χ1n) is 9.33. The summed E-state index contributed by atoms with van der Waals surface area (Å²) in [6.07, 6.45) is 2.84. The molecule has 2 N–H and O–H groups in total. The lowest BCUT2D eigenvalue weighted by atomic mass is 10.1. The summed E-state index contributed by atoms with van der Waals surface area (Å²) in [4.78, 5) is 11.5. The Hall–Kier alpha value is -4.51. The van der Waals surface area contributed by atoms with E-state index in [9.17, 15) is 15.2 Å². The second-order valence-corrected chi connectivity index (χ2v) is 6.74. The molecular formula is C23H18N4O4. The maximum absolute atomic E-state index is 11.5. The standard InChI is InChI=1S/C23H18N4O4/c1-14-20(23(28)29)13-27-22(14)21(15(11-24)12-25-27)26-16-3-5-18(6-4-16)31-19-9-7-17(30-2)8-10-19/h3-10,12-13,26H,1-2H3,(H,28,29). The second kappa shape index (κ2) is 8.08. The van der Waals surface area contributed by atoms with Gasteiger partial charge >= 0.3 is 5.97 Å². The summed E-state index contributed by atoms with van der Waals surface area (Å²) in [6, 6.07) is 16.6. The maximum Gasteiger partial charge on any atom is 0.337 e. The van der Waals surface area contributed by atoms with Crippen molar-refractivity contribution in [2.45, 2.75) is 6.92 Å². The van der Waals surface area contributed by atoms with E-state index in [-0.39, 0.29) is 5.56 Å². The normalized spacial score (nSPS) is 10.5. The number of nitrogens with zero attached hydrogens (tertiary/aromatic N) is 3. The Balaban J connectivity index is 1.63. The highest BCUT2D eigenvalue weighted by Crippen LogP contribution is 2.31. The zero-order valence-electron chi connectivity index (χ0n) is 16.8. The van der Waals surface area contributed by atoms with Gasteiger partial charge in [-0.25, -0.2) is 9.31 Å². The smallest absolute Gasteiger partial charge is 0.337 e. The monoisotopic (exact) mass is 414 g/mol. The van der Waals surface area contributed by atoms with Gasteiger partial charge in [-0.15, -0.1) is 0 Å². The van der Waals surface area contributed by atoms with Gasteiger partial charge in [-0.2, -0.15) is 10.4 Å². The summed E-state index contributed by atoms with van der Waals surface area (Å²) in [5.74, 6) is 1.01. The van der Waals surface area contributed by atoms with Crippen LogP contribution < -0.4 is 14.8 Å². The Morgan fingerprint density at radius 3 is 2.29 bits per heavy atom. The van der Waals surface area contributed by atoms with Crippen molar-refractivity contribution in [2.24, 2.45) is 0 Å². The van der Waals surface area contributed by atoms with E-state index in [1.54, 1.807) is 26.2 Å². The van der Waals surface area contributed by atoms with Crippen molar-refractivity contribution in [1.82, 2.24) is 9.61 Å². The van der Waals surface area contributed by atoms with Gasteiger partial charge in [0.25, 0.3) is 0 Å². The summed E-state index contributed by atoms with van der Waals surface area (Å²) in [5.41, 5.74) is 2.71. The number of rotatable bonds is 6. The van der Waals surface area contributed by atoms with Crippen LogP contribution in [0, 0.1) is 18.3 Å². The van der Waals surface area contributed by atoms with Crippen LogP contribution >= 0.6 is 0 Å². The Kier molecular flexibility index (Phi) is 5.16. The third kappa shape index (κ3) is 3.84. The van der Waals surface area contributed by atoms with Gasteiger partial charge in [0.15, 0.2) is 0 Å². The van der Waals surface area contributed by atoms with E-state index in [1.807, 2.05) is 36.4 Å². The highest BCUT2D eigenvalue weighted by Gasteiger charge is 2.19. The Morgan fingerprint density at radius 2 is 1.71 bits per heavy atom. The van der Waals surface area contributed by atoms with E-state index in [2.05, 4.69) is 16.5 Å². The Bertz CT molecular complexity index is 1300. The third-order valence-corrected chi connectivity index (χ3v) is 4.83. The van der Waals surface area contributed by atoms with Gasteiger partial charge in [0.1, 0.15) is 23.3 Å². The van der Waals surface area contributed by atoms with Crippen molar-refractivity contribution in [2.75, 3.05) is 12.4 Å². The fraction of sp³-hybridized carbons (Fsp3) is 0.0870. The summed E-state index contributed by atoms with van der Waals surface area (Å²) in [7, 11) is 1.60. The summed E-state index contributed by atoms with van der Waals surface area (Å²) < 4.78 is 12.4. The predicted octanol–water partition coefficient (Wildman–Crippen LogP) is 4.76. The van der Waals surface area contributed by atoms with E-state index >= 15 is 0 Å². The highest BCUT2D eigenvalue weighted by atomic mass is 16.5. The zero-order chi connectivity index (χ0) is 22.0. The van der Waals surface area contributed by atoms with Gasteiger partial charge in [-0.05, 0) is 61.0 Å². The molecule has 8 heteroatoms. The zero-order valence-corrected chi connectivity index (χ0v) is 16.8. The van der Waals surface area contributed by atoms with Gasteiger partial charge < -0.3 is 19.9 Å². The number of carboxylic acids is 1. The fourth-order valence-electron chi connectivity index (χ4n) is 3.25. The van der Waals surface area contributed by atoms with Gasteiger partial charge in [0.05, 0.1) is 35.6 Å². The molecule has 0 spiro atoms. The third-order valence-electron chi connectivity index (χ3n) is 4.83. The summed E-state index contributed by atoms with van der Waals surface area (Å²) >= 11 is 0. The minimum atomic E-state index is -1.05. The molecular weight excluding hydrogens is 396 g/mol. The fourth-order valence-corrected chi connectivity index (χ4v) is 3.25. The number of aryl methyl sites for hydroxylation is 1. The van der Waals surface area contributed by atoms with Crippen LogP contribution in [-0.2, 0) is 0 Å². The van der Waals surface area contributed by atoms with Crippen molar-refractivity contribution < 1.29 is 19.4 Å². The van der Waals surface area contributed by atoms with Crippen molar-refractivity contribution >= 4 is 22.9 Å². The molecule has 154 valence electrons. The van der Waals surface area contributed by atoms with Crippen LogP contribution in [0.1, 0.15) is 21.5 Å². The number of nitriles is 1. The van der Waals surface area contributed by atoms with Crippen LogP contribution in [0.2, 0.25) is 0 Å². The minimum absolute atomic E-state index is 0.133. The molecule has 0 aliphatic heterocycles. The molecule has 2 aromatic heterocycles. The van der Waals surface area contributed by atoms with E-state index in [0.717, 1.165) is 5.75 Å². The van der Waals surface area contributed by atoms with Crippen LogP contribution in [0.15, 0.2) is 60.9 Å². The van der Waals surface area contributed by atoms with Gasteiger partial charge in [0, 0.05) is 11.9 Å². The molecule has 0 aliphatic carbocycles. The lowest BCUT2D eigenvalue weighted by molar-refractivity contribution is 0.0696. The first-order valence-corrected chi connectivity index (χ1v) is 9.33. The van der Waals surface area contributed by atoms with E-state index in [0.29, 0.717) is 39.5 Å². The van der Waals surface area contributed by atoms with Crippen molar-refractivity contribution in [1.29, 1.82) is 5.26 Å². The summed E-state index contributed by atoms with van der Waals surface area (Å²) in [5, 5.41) is 26.3. The van der Waals surface area contributed by atoms with E-state index in [4.69, 9.17) is 9.47 Å². The number of aromatic nitrogens is 2. The SMILES string of the molecule is COc1ccc(Oc2ccc(Nc3c(C#N)cnn4cc(C(=O)O)c(C)c34)cc2)cc1. The molecule has 0 amide bonds. The summed E-state index contributed by atoms with van der Waals surface area (Å²) in [6.45, 7) is 1.69. The molecule has 0 radical (unpaired) electrons. The number of methoxy groups -OCH3 is 1. The topological polar surface area (TPSA) is 109 Å². The molecule has 0 saturated carbocycles. The number of aromatic carboxylic acids is 1. The first-order chi connectivity index (χ1) is 15.0. The number of ether oxygens (including phenoxy) is 2. The average Bonchev–Trinajstić information content (AvgIpc) is 3.13. The number of carboxylic acid groups (broad SMARTS) is 1. The predicted molar refractivity (Wildman–Crippen MR) is 114 cm³/mol. The molecule has 0 atom stereocenters. The number of hydrogen-bond donors (Lipinski definition) is 2. The molecule has 2 heterocycles. The maximum atomic E-state index is 11.5. The van der Waals surface area contributed by atoms with Crippen LogP contribution in [0.25, 0.3) is 5.52 Å². The number of fused-ring (bicyclic) bond motifs is 1. The molecule has 4 rings (SSSR count). The minimum Gasteiger partial charge on any atom is -0.497 e. The molecule has 0 unspecified atom stereocenters. The molecule has 0 saturated heterocycles. The molecule has 8 nitrogen and oxygen atoms in total. The van der Waals surface area contributed by atoms with E-state index < -0.39 is 5.97 Å². The number of carbonyl (C=O) groups is 1. The van der Waals surface area contributed by atoms with Crippen molar-refractivity contribution in [3.63, 3.8) is 0 Å². The Labute approximate surface area is 177 Å². The average molecular weight is 414 g/mol. The number of hydrogen-bond acceptors (Lipinski definition) is 6. The lowest BCUT2D eigenvalue weighted by Crippen LogP contribution is -2.01. The molecule has 0 fully saturated rings. The van der Waals surface area contributed by atoms with Crippen molar-refractivity contribution in [3.8, 4) is 23.3 Å².